The fraction of sp³-hybridized carbons (Fsp3) is 0.941. The first-order valence-corrected chi connectivity index (χ1v) is 9.13. The Morgan fingerprint density at radius 2 is 1.82 bits per heavy atom. The van der Waals surface area contributed by atoms with Crippen LogP contribution in [0.5, 0.6) is 0 Å². The van der Waals surface area contributed by atoms with E-state index in [-0.39, 0.29) is 0 Å². The van der Waals surface area contributed by atoms with Gasteiger partial charge in [-0.1, -0.05) is 38.5 Å². The number of unbranched alkanes of at least 4 members (excludes halogenated alkanes) is 1. The number of rotatable bonds is 8. The van der Waals surface area contributed by atoms with Crippen LogP contribution in [0.15, 0.2) is 4.99 Å². The summed E-state index contributed by atoms with van der Waals surface area (Å²) < 4.78 is 5.36. The minimum atomic E-state index is 0.869. The zero-order valence-electron chi connectivity index (χ0n) is 14.3. The topological polar surface area (TPSA) is 48.9 Å². The van der Waals surface area contributed by atoms with E-state index >= 15 is 0 Å². The first kappa shape index (κ1) is 17.5. The lowest BCUT2D eigenvalue weighted by Crippen LogP contribution is -2.44. The van der Waals surface area contributed by atoms with Gasteiger partial charge in [0.2, 0.25) is 0 Å². The summed E-state index contributed by atoms with van der Waals surface area (Å²) in [6, 6.07) is 0. The Labute approximate surface area is 135 Å². The van der Waals surface area contributed by atoms with Crippen LogP contribution < -0.4 is 10.6 Å². The van der Waals surface area contributed by atoms with E-state index in [1.807, 2.05) is 7.05 Å². The van der Waals surface area contributed by atoms with Crippen molar-refractivity contribution in [1.82, 2.24) is 15.5 Å². The lowest BCUT2D eigenvalue weighted by atomic mass is 10.0. The van der Waals surface area contributed by atoms with Crippen molar-refractivity contribution in [2.75, 3.05) is 53.0 Å². The van der Waals surface area contributed by atoms with Gasteiger partial charge < -0.3 is 15.4 Å². The normalized spacial score (nSPS) is 21.2. The standard InChI is InChI=1S/C17H34N4O/c1-18-17(20-10-11-21-12-14-22-15-13-21)19-9-5-4-8-16-6-2-3-7-16/h16H,2-15H2,1H3,(H2,18,19,20). The van der Waals surface area contributed by atoms with Gasteiger partial charge in [0.25, 0.3) is 0 Å². The van der Waals surface area contributed by atoms with Crippen molar-refractivity contribution in [3.63, 3.8) is 0 Å². The minimum absolute atomic E-state index is 0.869. The molecule has 1 saturated heterocycles. The zero-order valence-corrected chi connectivity index (χ0v) is 14.3. The summed E-state index contributed by atoms with van der Waals surface area (Å²) in [5.41, 5.74) is 0. The molecule has 0 atom stereocenters. The van der Waals surface area contributed by atoms with Gasteiger partial charge in [-0.3, -0.25) is 9.89 Å². The van der Waals surface area contributed by atoms with Gasteiger partial charge in [-0.25, -0.2) is 0 Å². The van der Waals surface area contributed by atoms with Gasteiger partial charge in [0.05, 0.1) is 13.2 Å². The van der Waals surface area contributed by atoms with Crippen molar-refractivity contribution in [3.8, 4) is 0 Å². The second-order valence-corrected chi connectivity index (χ2v) is 6.53. The third-order valence-corrected chi connectivity index (χ3v) is 4.85. The van der Waals surface area contributed by atoms with E-state index in [0.29, 0.717) is 0 Å². The predicted molar refractivity (Wildman–Crippen MR) is 92.4 cm³/mol. The van der Waals surface area contributed by atoms with E-state index in [9.17, 15) is 0 Å². The summed E-state index contributed by atoms with van der Waals surface area (Å²) in [5, 5.41) is 6.83. The molecule has 5 nitrogen and oxygen atoms in total. The maximum atomic E-state index is 5.36. The summed E-state index contributed by atoms with van der Waals surface area (Å²) in [6.07, 6.45) is 9.88. The molecule has 2 rings (SSSR count). The zero-order chi connectivity index (χ0) is 15.5. The molecule has 0 radical (unpaired) electrons. The van der Waals surface area contributed by atoms with E-state index in [0.717, 1.165) is 57.8 Å². The average molecular weight is 310 g/mol. The Kier molecular flexibility index (Phi) is 8.64. The van der Waals surface area contributed by atoms with Gasteiger partial charge in [-0.05, 0) is 12.3 Å². The first-order chi connectivity index (χ1) is 10.9. The van der Waals surface area contributed by atoms with E-state index in [1.165, 1.54) is 44.9 Å². The van der Waals surface area contributed by atoms with Crippen LogP contribution in [0.3, 0.4) is 0 Å². The largest absolute Gasteiger partial charge is 0.379 e. The highest BCUT2D eigenvalue weighted by Crippen LogP contribution is 2.28. The molecule has 2 aliphatic rings. The highest BCUT2D eigenvalue weighted by molar-refractivity contribution is 5.79. The summed E-state index contributed by atoms with van der Waals surface area (Å²) in [7, 11) is 1.85. The van der Waals surface area contributed by atoms with Crippen LogP contribution in [0, 0.1) is 5.92 Å². The van der Waals surface area contributed by atoms with Gasteiger partial charge in [-0.2, -0.15) is 0 Å². The van der Waals surface area contributed by atoms with E-state index in [4.69, 9.17) is 4.74 Å². The molecule has 1 aliphatic heterocycles. The fourth-order valence-electron chi connectivity index (χ4n) is 3.44. The van der Waals surface area contributed by atoms with Crippen molar-refractivity contribution in [2.24, 2.45) is 10.9 Å². The number of hydrogen-bond acceptors (Lipinski definition) is 3. The number of nitrogens with zero attached hydrogens (tertiary/aromatic N) is 2. The molecule has 1 aliphatic carbocycles. The molecule has 2 fully saturated rings. The Morgan fingerprint density at radius 3 is 2.55 bits per heavy atom. The molecule has 2 N–H and O–H groups in total. The quantitative estimate of drug-likeness (QED) is 0.408. The number of guanidine groups is 1. The summed E-state index contributed by atoms with van der Waals surface area (Å²) in [6.45, 7) is 6.88. The number of morpholine rings is 1. The minimum Gasteiger partial charge on any atom is -0.379 e. The maximum absolute atomic E-state index is 5.36. The van der Waals surface area contributed by atoms with Crippen LogP contribution in [0.4, 0.5) is 0 Å². The van der Waals surface area contributed by atoms with Gasteiger partial charge >= 0.3 is 0 Å². The molecule has 5 heteroatoms. The number of ether oxygens (including phenoxy) is 1. The monoisotopic (exact) mass is 310 g/mol. The second kappa shape index (κ2) is 10.8. The van der Waals surface area contributed by atoms with Crippen molar-refractivity contribution < 1.29 is 4.74 Å². The lowest BCUT2D eigenvalue weighted by Gasteiger charge is -2.26. The first-order valence-electron chi connectivity index (χ1n) is 9.13. The number of aliphatic imine (C=N–C) groups is 1. The van der Waals surface area contributed by atoms with Gasteiger partial charge in [0.15, 0.2) is 5.96 Å². The van der Waals surface area contributed by atoms with E-state index in [2.05, 4.69) is 20.5 Å². The Morgan fingerprint density at radius 1 is 1.09 bits per heavy atom. The highest BCUT2D eigenvalue weighted by Gasteiger charge is 2.14. The van der Waals surface area contributed by atoms with Crippen molar-refractivity contribution in [3.05, 3.63) is 0 Å². The van der Waals surface area contributed by atoms with Crippen LogP contribution in [-0.2, 0) is 4.74 Å². The Hall–Kier alpha value is -0.810. The van der Waals surface area contributed by atoms with Crippen LogP contribution in [0.2, 0.25) is 0 Å². The predicted octanol–water partition coefficient (Wildman–Crippen LogP) is 1.84. The average Bonchev–Trinajstić information content (AvgIpc) is 3.07. The molecule has 0 unspecified atom stereocenters. The third-order valence-electron chi connectivity index (χ3n) is 4.85. The Balaban J connectivity index is 1.45. The lowest BCUT2D eigenvalue weighted by molar-refractivity contribution is 0.0389. The van der Waals surface area contributed by atoms with Crippen molar-refractivity contribution >= 4 is 5.96 Å². The molecule has 0 spiro atoms. The molecule has 22 heavy (non-hydrogen) atoms. The summed E-state index contributed by atoms with van der Waals surface area (Å²) >= 11 is 0. The summed E-state index contributed by atoms with van der Waals surface area (Å²) in [5.74, 6) is 1.96. The molecule has 0 aromatic carbocycles. The second-order valence-electron chi connectivity index (χ2n) is 6.53. The van der Waals surface area contributed by atoms with Crippen molar-refractivity contribution in [1.29, 1.82) is 0 Å². The van der Waals surface area contributed by atoms with Gasteiger partial charge in [0.1, 0.15) is 0 Å². The summed E-state index contributed by atoms with van der Waals surface area (Å²) in [4.78, 5) is 6.73. The van der Waals surface area contributed by atoms with E-state index < -0.39 is 0 Å². The SMILES string of the molecule is CN=C(NCCCCC1CCCC1)NCCN1CCOCC1. The maximum Gasteiger partial charge on any atom is 0.191 e. The molecule has 0 bridgehead atoms. The number of hydrogen-bond donors (Lipinski definition) is 2. The van der Waals surface area contributed by atoms with Crippen LogP contribution >= 0.6 is 0 Å². The van der Waals surface area contributed by atoms with E-state index in [1.54, 1.807) is 0 Å². The van der Waals surface area contributed by atoms with Gasteiger partial charge in [0, 0.05) is 39.8 Å². The van der Waals surface area contributed by atoms with Gasteiger partial charge in [-0.15, -0.1) is 0 Å². The fourth-order valence-corrected chi connectivity index (χ4v) is 3.44. The molecule has 1 saturated carbocycles. The van der Waals surface area contributed by atoms with Crippen LogP contribution in [-0.4, -0.2) is 63.8 Å². The molecule has 128 valence electrons. The molecule has 0 aromatic rings. The number of nitrogens with one attached hydrogen (secondary N) is 2. The smallest absolute Gasteiger partial charge is 0.191 e. The van der Waals surface area contributed by atoms with Crippen LogP contribution in [0.25, 0.3) is 0 Å². The molecule has 0 aromatic heterocycles. The van der Waals surface area contributed by atoms with Crippen LogP contribution in [0.1, 0.15) is 44.9 Å². The van der Waals surface area contributed by atoms with Crippen molar-refractivity contribution in [2.45, 2.75) is 44.9 Å². The Bertz CT molecular complexity index is 310. The molecular formula is C17H34N4O. The highest BCUT2D eigenvalue weighted by atomic mass is 16.5. The third kappa shape index (κ3) is 6.97. The molecule has 1 heterocycles. The molecule has 0 amide bonds. The molecular weight excluding hydrogens is 276 g/mol.